The summed E-state index contributed by atoms with van der Waals surface area (Å²) in [5.41, 5.74) is 4.14. The molecule has 0 bridgehead atoms. The van der Waals surface area contributed by atoms with Gasteiger partial charge in [0, 0.05) is 22.8 Å². The van der Waals surface area contributed by atoms with E-state index in [9.17, 15) is 4.79 Å². The Hall–Kier alpha value is -3.39. The number of aromatic nitrogens is 1. The largest absolute Gasteiger partial charge is 0.356 e. The smallest absolute Gasteiger partial charge is 0.252 e. The number of rotatable bonds is 5. The van der Waals surface area contributed by atoms with Gasteiger partial charge < -0.3 is 9.84 Å². The molecule has 3 rings (SSSR count). The number of carbonyl (C=O) groups excluding carboxylic acids is 1. The van der Waals surface area contributed by atoms with Crippen molar-refractivity contribution in [1.29, 1.82) is 5.26 Å². The molecule has 5 heteroatoms. The van der Waals surface area contributed by atoms with Gasteiger partial charge in [-0.25, -0.2) is 0 Å². The Balaban J connectivity index is 1.84. The lowest BCUT2D eigenvalue weighted by molar-refractivity contribution is 0.0958. The summed E-state index contributed by atoms with van der Waals surface area (Å²) in [7, 11) is 0. The summed E-state index contributed by atoms with van der Waals surface area (Å²) in [6.07, 6.45) is 0.989. The molecule has 0 aliphatic carbocycles. The molecule has 0 unspecified atom stereocenters. The van der Waals surface area contributed by atoms with Gasteiger partial charge in [0.2, 0.25) is 0 Å². The molecule has 1 N–H and O–H groups in total. The minimum absolute atomic E-state index is 0.0229. The van der Waals surface area contributed by atoms with Crippen molar-refractivity contribution in [2.45, 2.75) is 13.3 Å². The van der Waals surface area contributed by atoms with E-state index in [1.165, 1.54) is 5.56 Å². The van der Waals surface area contributed by atoms with Gasteiger partial charge in [-0.3, -0.25) is 4.79 Å². The van der Waals surface area contributed by atoms with Gasteiger partial charge in [-0.1, -0.05) is 48.5 Å². The molecule has 0 saturated carbocycles. The van der Waals surface area contributed by atoms with Gasteiger partial charge in [-0.2, -0.15) is 5.26 Å². The first-order valence-corrected chi connectivity index (χ1v) is 8.03. The summed E-state index contributed by atoms with van der Waals surface area (Å²) in [6.45, 7) is 2.09. The molecular formula is C20H17N3O2. The summed E-state index contributed by atoms with van der Waals surface area (Å²) in [5.74, 6) is 0.388. The molecule has 0 saturated heterocycles. The van der Waals surface area contributed by atoms with Gasteiger partial charge in [-0.05, 0) is 24.1 Å². The zero-order chi connectivity index (χ0) is 17.6. The highest BCUT2D eigenvalue weighted by molar-refractivity contribution is 5.95. The first-order valence-electron chi connectivity index (χ1n) is 8.03. The minimum atomic E-state index is -0.290. The average molecular weight is 331 g/mol. The Morgan fingerprint density at radius 2 is 1.96 bits per heavy atom. The van der Waals surface area contributed by atoms with Crippen LogP contribution in [-0.4, -0.2) is 17.6 Å². The Morgan fingerprint density at radius 1 is 1.16 bits per heavy atom. The van der Waals surface area contributed by atoms with Crippen LogP contribution < -0.4 is 5.32 Å². The molecule has 0 atom stereocenters. The fourth-order valence-electron chi connectivity index (χ4n) is 2.49. The Morgan fingerprint density at radius 3 is 2.68 bits per heavy atom. The zero-order valence-electron chi connectivity index (χ0n) is 13.8. The lowest BCUT2D eigenvalue weighted by atomic mass is 10.1. The summed E-state index contributed by atoms with van der Waals surface area (Å²) >= 11 is 0. The van der Waals surface area contributed by atoms with Crippen LogP contribution in [0.1, 0.15) is 22.8 Å². The summed E-state index contributed by atoms with van der Waals surface area (Å²) in [6, 6.07) is 19.0. The van der Waals surface area contributed by atoms with Crippen molar-refractivity contribution in [3.05, 3.63) is 65.7 Å². The maximum atomic E-state index is 12.0. The number of hydrogen-bond acceptors (Lipinski definition) is 4. The number of benzene rings is 2. The van der Waals surface area contributed by atoms with Crippen molar-refractivity contribution < 1.29 is 9.32 Å². The van der Waals surface area contributed by atoms with Crippen LogP contribution >= 0.6 is 0 Å². The molecule has 0 aliphatic heterocycles. The van der Waals surface area contributed by atoms with E-state index in [4.69, 9.17) is 9.78 Å². The molecule has 1 aromatic heterocycles. The van der Waals surface area contributed by atoms with Crippen LogP contribution in [0.15, 0.2) is 59.1 Å². The van der Waals surface area contributed by atoms with E-state index in [0.29, 0.717) is 17.0 Å². The molecule has 1 amide bonds. The van der Waals surface area contributed by atoms with Gasteiger partial charge in [0.15, 0.2) is 5.76 Å². The lowest BCUT2D eigenvalue weighted by Crippen LogP contribution is -2.23. The van der Waals surface area contributed by atoms with Crippen LogP contribution in [0.3, 0.4) is 0 Å². The van der Waals surface area contributed by atoms with E-state index in [2.05, 4.69) is 29.5 Å². The van der Waals surface area contributed by atoms with E-state index in [1.807, 2.05) is 30.3 Å². The third-order valence-electron chi connectivity index (χ3n) is 3.91. The van der Waals surface area contributed by atoms with Gasteiger partial charge in [-0.15, -0.1) is 0 Å². The first kappa shape index (κ1) is 16.5. The van der Waals surface area contributed by atoms with Crippen molar-refractivity contribution in [3.8, 4) is 28.7 Å². The topological polar surface area (TPSA) is 78.9 Å². The normalized spacial score (nSPS) is 10.2. The molecule has 2 aromatic carbocycles. The SMILES string of the molecule is CCc1ccc(-c2cc(-c3cccc(C(=O)NCC#N)c3)no2)cc1. The van der Waals surface area contributed by atoms with Crippen LogP contribution in [0.2, 0.25) is 0 Å². The maximum Gasteiger partial charge on any atom is 0.252 e. The standard InChI is InChI=1S/C20H17N3O2/c1-2-14-6-8-15(9-7-14)19-13-18(23-25-19)16-4-3-5-17(12-16)20(24)22-11-10-21/h3-9,12-13H,2,11H2,1H3,(H,22,24). The second kappa shape index (κ2) is 7.45. The molecule has 124 valence electrons. The molecule has 25 heavy (non-hydrogen) atoms. The highest BCUT2D eigenvalue weighted by atomic mass is 16.5. The Labute approximate surface area is 145 Å². The van der Waals surface area contributed by atoms with Gasteiger partial charge >= 0.3 is 0 Å². The third kappa shape index (κ3) is 3.75. The second-order valence-corrected chi connectivity index (χ2v) is 5.55. The monoisotopic (exact) mass is 331 g/mol. The first-order chi connectivity index (χ1) is 12.2. The van der Waals surface area contributed by atoms with Crippen LogP contribution in [0.4, 0.5) is 0 Å². The van der Waals surface area contributed by atoms with E-state index >= 15 is 0 Å². The van der Waals surface area contributed by atoms with E-state index in [0.717, 1.165) is 17.5 Å². The number of hydrogen-bond donors (Lipinski definition) is 1. The zero-order valence-corrected chi connectivity index (χ0v) is 13.8. The summed E-state index contributed by atoms with van der Waals surface area (Å²) in [5, 5.41) is 15.2. The highest BCUT2D eigenvalue weighted by Crippen LogP contribution is 2.26. The fourth-order valence-corrected chi connectivity index (χ4v) is 2.49. The maximum absolute atomic E-state index is 12.0. The Bertz CT molecular complexity index is 921. The highest BCUT2D eigenvalue weighted by Gasteiger charge is 2.11. The van der Waals surface area contributed by atoms with E-state index in [-0.39, 0.29) is 12.5 Å². The quantitative estimate of drug-likeness (QED) is 0.721. The molecule has 1 heterocycles. The fraction of sp³-hybridized carbons (Fsp3) is 0.150. The van der Waals surface area contributed by atoms with Gasteiger partial charge in [0.1, 0.15) is 12.2 Å². The predicted octanol–water partition coefficient (Wildman–Crippen LogP) is 3.82. The minimum Gasteiger partial charge on any atom is -0.356 e. The molecule has 3 aromatic rings. The molecule has 0 aliphatic rings. The Kier molecular flexibility index (Phi) is 4.91. The van der Waals surface area contributed by atoms with Gasteiger partial charge in [0.05, 0.1) is 6.07 Å². The number of aryl methyl sites for hydroxylation is 1. The number of nitrogens with one attached hydrogen (secondary N) is 1. The number of carbonyl (C=O) groups is 1. The third-order valence-corrected chi connectivity index (χ3v) is 3.91. The van der Waals surface area contributed by atoms with Crippen molar-refractivity contribution in [1.82, 2.24) is 10.5 Å². The summed E-state index contributed by atoms with van der Waals surface area (Å²) in [4.78, 5) is 12.0. The van der Waals surface area contributed by atoms with Crippen LogP contribution in [0.25, 0.3) is 22.6 Å². The lowest BCUT2D eigenvalue weighted by Gasteiger charge is -2.02. The second-order valence-electron chi connectivity index (χ2n) is 5.55. The van der Waals surface area contributed by atoms with Crippen molar-refractivity contribution in [2.24, 2.45) is 0 Å². The molecule has 0 radical (unpaired) electrons. The predicted molar refractivity (Wildman–Crippen MR) is 94.7 cm³/mol. The van der Waals surface area contributed by atoms with Crippen LogP contribution in [0.5, 0.6) is 0 Å². The van der Waals surface area contributed by atoms with E-state index < -0.39 is 0 Å². The molecule has 5 nitrogen and oxygen atoms in total. The van der Waals surface area contributed by atoms with Crippen LogP contribution in [-0.2, 0) is 6.42 Å². The molecule has 0 spiro atoms. The average Bonchev–Trinajstić information content (AvgIpc) is 3.16. The molecular weight excluding hydrogens is 314 g/mol. The summed E-state index contributed by atoms with van der Waals surface area (Å²) < 4.78 is 5.45. The van der Waals surface area contributed by atoms with Crippen molar-refractivity contribution >= 4 is 5.91 Å². The van der Waals surface area contributed by atoms with Gasteiger partial charge in [0.25, 0.3) is 5.91 Å². The van der Waals surface area contributed by atoms with Crippen molar-refractivity contribution in [2.75, 3.05) is 6.54 Å². The number of amides is 1. The molecule has 0 fully saturated rings. The number of nitrogens with zero attached hydrogens (tertiary/aromatic N) is 2. The van der Waals surface area contributed by atoms with Crippen LogP contribution in [0, 0.1) is 11.3 Å². The van der Waals surface area contributed by atoms with E-state index in [1.54, 1.807) is 18.2 Å². The number of nitriles is 1. The van der Waals surface area contributed by atoms with Crippen molar-refractivity contribution in [3.63, 3.8) is 0 Å².